The van der Waals surface area contributed by atoms with Crippen LogP contribution in [0.25, 0.3) is 34.0 Å². The van der Waals surface area contributed by atoms with E-state index in [0.29, 0.717) is 11.1 Å². The molecule has 37 heavy (non-hydrogen) atoms. The van der Waals surface area contributed by atoms with Gasteiger partial charge in [-0.25, -0.2) is 4.79 Å². The lowest BCUT2D eigenvalue weighted by molar-refractivity contribution is -0.137. The summed E-state index contributed by atoms with van der Waals surface area (Å²) in [6.45, 7) is 5.22. The van der Waals surface area contributed by atoms with E-state index in [1.807, 2.05) is 6.92 Å². The average Bonchev–Trinajstić information content (AvgIpc) is 3.37. The predicted molar refractivity (Wildman–Crippen MR) is 133 cm³/mol. The minimum atomic E-state index is -4.58. The SMILES string of the molecule is C/C=C(/N[C@H](C)c1ccc(-c2noc(-c3ccc(-c4ccccc4C)c(C(F)(F)F)c3)n2)cc1)C(=O)O. The minimum Gasteiger partial charge on any atom is -0.477 e. The number of alkyl halides is 3. The molecule has 0 aliphatic carbocycles. The van der Waals surface area contributed by atoms with E-state index >= 15 is 0 Å². The van der Waals surface area contributed by atoms with Crippen molar-refractivity contribution in [2.45, 2.75) is 33.0 Å². The van der Waals surface area contributed by atoms with Crippen molar-refractivity contribution in [1.29, 1.82) is 0 Å². The van der Waals surface area contributed by atoms with Crippen LogP contribution in [0.5, 0.6) is 0 Å². The molecule has 0 radical (unpaired) electrons. The molecule has 9 heteroatoms. The van der Waals surface area contributed by atoms with Crippen LogP contribution in [-0.4, -0.2) is 21.2 Å². The van der Waals surface area contributed by atoms with Crippen LogP contribution in [-0.2, 0) is 11.0 Å². The number of nitrogens with one attached hydrogen (secondary N) is 1. The maximum Gasteiger partial charge on any atom is 0.417 e. The summed E-state index contributed by atoms with van der Waals surface area (Å²) >= 11 is 0. The number of carboxylic acid groups (broad SMARTS) is 1. The zero-order valence-electron chi connectivity index (χ0n) is 20.3. The standard InChI is InChI=1S/C28H24F3N3O3/c1-4-24(27(35)36)32-17(3)18-9-11-19(12-10-18)25-33-26(37-34-25)20-13-14-22(23(15-20)28(29,30)31)21-8-6-5-7-16(21)2/h4-15,17,32H,1-3H3,(H,35,36)/b24-4+/t17-/m1/s1. The van der Waals surface area contributed by atoms with Crippen molar-refractivity contribution in [3.8, 4) is 34.0 Å². The molecule has 4 rings (SSSR count). The van der Waals surface area contributed by atoms with Gasteiger partial charge in [0, 0.05) is 17.2 Å². The second-order valence-corrected chi connectivity index (χ2v) is 8.49. The summed E-state index contributed by atoms with van der Waals surface area (Å²) in [7, 11) is 0. The number of benzene rings is 3. The molecule has 4 aromatic rings. The van der Waals surface area contributed by atoms with Gasteiger partial charge in [-0.1, -0.05) is 65.8 Å². The highest BCUT2D eigenvalue weighted by atomic mass is 19.4. The van der Waals surface area contributed by atoms with Gasteiger partial charge < -0.3 is 14.9 Å². The number of nitrogens with zero attached hydrogens (tertiary/aromatic N) is 2. The molecule has 3 aromatic carbocycles. The third kappa shape index (κ3) is 5.55. The van der Waals surface area contributed by atoms with Crippen molar-refractivity contribution in [3.63, 3.8) is 0 Å². The van der Waals surface area contributed by atoms with E-state index in [1.54, 1.807) is 62.4 Å². The van der Waals surface area contributed by atoms with Gasteiger partial charge in [0.15, 0.2) is 0 Å². The Labute approximate surface area is 211 Å². The molecule has 2 N–H and O–H groups in total. The van der Waals surface area contributed by atoms with Crippen LogP contribution in [0, 0.1) is 6.92 Å². The molecular weight excluding hydrogens is 483 g/mol. The molecule has 0 saturated carbocycles. The van der Waals surface area contributed by atoms with Crippen molar-refractivity contribution < 1.29 is 27.6 Å². The summed E-state index contributed by atoms with van der Waals surface area (Å²) in [4.78, 5) is 15.5. The highest BCUT2D eigenvalue weighted by molar-refractivity contribution is 5.85. The Morgan fingerprint density at radius 1 is 1.03 bits per heavy atom. The number of hydrogen-bond acceptors (Lipinski definition) is 5. The molecule has 190 valence electrons. The first-order valence-electron chi connectivity index (χ1n) is 11.5. The van der Waals surface area contributed by atoms with Crippen LogP contribution in [0.4, 0.5) is 13.2 Å². The summed E-state index contributed by atoms with van der Waals surface area (Å²) in [5.74, 6) is -0.862. The van der Waals surface area contributed by atoms with Gasteiger partial charge >= 0.3 is 12.1 Å². The van der Waals surface area contributed by atoms with E-state index in [0.717, 1.165) is 17.2 Å². The maximum absolute atomic E-state index is 14.0. The van der Waals surface area contributed by atoms with Crippen molar-refractivity contribution in [2.75, 3.05) is 0 Å². The molecule has 0 spiro atoms. The Balaban J connectivity index is 1.61. The molecular formula is C28H24F3N3O3. The van der Waals surface area contributed by atoms with Crippen LogP contribution in [0.15, 0.2) is 83.0 Å². The quantitative estimate of drug-likeness (QED) is 0.261. The van der Waals surface area contributed by atoms with Crippen molar-refractivity contribution >= 4 is 5.97 Å². The highest BCUT2D eigenvalue weighted by Crippen LogP contribution is 2.40. The van der Waals surface area contributed by atoms with E-state index in [4.69, 9.17) is 4.52 Å². The topological polar surface area (TPSA) is 88.3 Å². The Kier molecular flexibility index (Phi) is 7.15. The van der Waals surface area contributed by atoms with Gasteiger partial charge in [0.25, 0.3) is 5.89 Å². The first-order chi connectivity index (χ1) is 17.6. The Hall–Kier alpha value is -4.40. The number of carboxylic acids is 1. The highest BCUT2D eigenvalue weighted by Gasteiger charge is 2.34. The fourth-order valence-electron chi connectivity index (χ4n) is 3.99. The van der Waals surface area contributed by atoms with Gasteiger partial charge in [0.05, 0.1) is 5.56 Å². The largest absolute Gasteiger partial charge is 0.477 e. The molecule has 0 aliphatic heterocycles. The molecule has 0 amide bonds. The lowest BCUT2D eigenvalue weighted by Crippen LogP contribution is -2.23. The zero-order chi connectivity index (χ0) is 26.7. The van der Waals surface area contributed by atoms with Gasteiger partial charge in [0.2, 0.25) is 5.82 Å². The van der Waals surface area contributed by atoms with Gasteiger partial charge in [-0.05, 0) is 55.2 Å². The number of hydrogen-bond donors (Lipinski definition) is 2. The third-order valence-electron chi connectivity index (χ3n) is 5.99. The van der Waals surface area contributed by atoms with Gasteiger partial charge in [-0.3, -0.25) is 0 Å². The summed E-state index contributed by atoms with van der Waals surface area (Å²) in [6, 6.07) is 17.7. The summed E-state index contributed by atoms with van der Waals surface area (Å²) in [5.41, 5.74) is 2.21. The van der Waals surface area contributed by atoms with Crippen LogP contribution in [0.1, 0.15) is 36.6 Å². The van der Waals surface area contributed by atoms with Crippen LogP contribution in [0.3, 0.4) is 0 Å². The number of aliphatic carboxylic acids is 1. The second-order valence-electron chi connectivity index (χ2n) is 8.49. The molecule has 0 unspecified atom stereocenters. The molecule has 0 aliphatic rings. The monoisotopic (exact) mass is 507 g/mol. The zero-order valence-corrected chi connectivity index (χ0v) is 20.3. The van der Waals surface area contributed by atoms with Crippen LogP contribution in [0.2, 0.25) is 0 Å². The van der Waals surface area contributed by atoms with E-state index in [-0.39, 0.29) is 34.6 Å². The molecule has 1 aromatic heterocycles. The number of aromatic nitrogens is 2. The summed E-state index contributed by atoms with van der Waals surface area (Å²) in [5, 5.41) is 16.0. The summed E-state index contributed by atoms with van der Waals surface area (Å²) < 4.78 is 47.2. The summed E-state index contributed by atoms with van der Waals surface area (Å²) in [6.07, 6.45) is -3.10. The van der Waals surface area contributed by atoms with E-state index < -0.39 is 17.7 Å². The molecule has 0 fully saturated rings. The van der Waals surface area contributed by atoms with Gasteiger partial charge in [0.1, 0.15) is 5.70 Å². The molecule has 0 saturated heterocycles. The lowest BCUT2D eigenvalue weighted by Gasteiger charge is -2.16. The number of carbonyl (C=O) groups is 1. The van der Waals surface area contributed by atoms with Crippen molar-refractivity contribution in [3.05, 3.63) is 95.2 Å². The second kappa shape index (κ2) is 10.3. The van der Waals surface area contributed by atoms with E-state index in [2.05, 4.69) is 15.5 Å². The number of halogens is 3. The van der Waals surface area contributed by atoms with Crippen molar-refractivity contribution in [1.82, 2.24) is 15.5 Å². The van der Waals surface area contributed by atoms with Crippen molar-refractivity contribution in [2.24, 2.45) is 0 Å². The maximum atomic E-state index is 14.0. The van der Waals surface area contributed by atoms with E-state index in [9.17, 15) is 23.1 Å². The normalized spacial score (nSPS) is 12.9. The Bertz CT molecular complexity index is 1460. The van der Waals surface area contributed by atoms with Crippen LogP contribution >= 0.6 is 0 Å². The van der Waals surface area contributed by atoms with E-state index in [1.165, 1.54) is 18.2 Å². The average molecular weight is 508 g/mol. The smallest absolute Gasteiger partial charge is 0.417 e. The first-order valence-corrected chi connectivity index (χ1v) is 11.5. The third-order valence-corrected chi connectivity index (χ3v) is 5.99. The predicted octanol–water partition coefficient (Wildman–Crippen LogP) is 7.04. The van der Waals surface area contributed by atoms with Gasteiger partial charge in [-0.15, -0.1) is 0 Å². The number of allylic oxidation sites excluding steroid dienone is 1. The Morgan fingerprint density at radius 2 is 1.70 bits per heavy atom. The Morgan fingerprint density at radius 3 is 2.32 bits per heavy atom. The molecule has 6 nitrogen and oxygen atoms in total. The molecule has 1 atom stereocenters. The number of aryl methyl sites for hydroxylation is 1. The van der Waals surface area contributed by atoms with Crippen LogP contribution < -0.4 is 5.32 Å². The first kappa shape index (κ1) is 25.7. The fourth-order valence-corrected chi connectivity index (χ4v) is 3.99. The minimum absolute atomic E-state index is 0.0323. The molecule has 0 bridgehead atoms. The van der Waals surface area contributed by atoms with Gasteiger partial charge in [-0.2, -0.15) is 18.2 Å². The molecule has 1 heterocycles. The number of rotatable bonds is 7. The fraction of sp³-hybridized carbons (Fsp3) is 0.179. The lowest BCUT2D eigenvalue weighted by atomic mass is 9.94.